The summed E-state index contributed by atoms with van der Waals surface area (Å²) in [5, 5.41) is 74.4. The van der Waals surface area contributed by atoms with Gasteiger partial charge in [0.1, 0.15) is 35.8 Å². The van der Waals surface area contributed by atoms with E-state index < -0.39 is 106 Å². The fourth-order valence-electron chi connectivity index (χ4n) is 9.94. The number of hydrogen-bond acceptors (Lipinski definition) is 12. The van der Waals surface area contributed by atoms with Crippen molar-refractivity contribution >= 4 is 17.3 Å². The van der Waals surface area contributed by atoms with Crippen LogP contribution in [0.5, 0.6) is 0 Å². The standard InChI is InChI=1S/C36H52O12/c1-31(2,45)12-11-23(39)36(8,46)28-19(38)14-33(5)22-10-9-17-18(35(22,7)24(40)15-34(28,33)6)13-20(29(44)32(17,3)4)47-30-27(43)26(42)25(41)21(16-37)48-30/h9,11-13,18-19,21-22,25-28,30,37-38,41-43,45-46H,10,14-16H2,1-8H3/t18-,19-,21-,22+,25-,26+,27-,28+,30-,33+,34-,35+,36+/m1/s1. The monoisotopic (exact) mass is 676 g/mol. The normalized spacial score (nSPS) is 45.4. The third-order valence-corrected chi connectivity index (χ3v) is 12.9. The average Bonchev–Trinajstić information content (AvgIpc) is 3.19. The molecule has 2 saturated carbocycles. The third kappa shape index (κ3) is 5.21. The molecule has 0 spiro atoms. The van der Waals surface area contributed by atoms with Crippen LogP contribution >= 0.6 is 0 Å². The Morgan fingerprint density at radius 3 is 2.21 bits per heavy atom. The maximum Gasteiger partial charge on any atom is 0.229 e. The van der Waals surface area contributed by atoms with Gasteiger partial charge in [-0.15, -0.1) is 0 Å². The highest BCUT2D eigenvalue weighted by atomic mass is 16.7. The van der Waals surface area contributed by atoms with Crippen LogP contribution in [0.2, 0.25) is 0 Å². The zero-order valence-electron chi connectivity index (χ0n) is 29.0. The van der Waals surface area contributed by atoms with Crippen molar-refractivity contribution in [2.75, 3.05) is 6.61 Å². The van der Waals surface area contributed by atoms with E-state index in [2.05, 4.69) is 0 Å². The molecule has 0 aromatic rings. The van der Waals surface area contributed by atoms with Gasteiger partial charge in [-0.2, -0.15) is 0 Å². The van der Waals surface area contributed by atoms with E-state index in [9.17, 15) is 50.1 Å². The van der Waals surface area contributed by atoms with E-state index in [-0.39, 0.29) is 24.4 Å². The molecule has 1 heterocycles. The Labute approximate surface area is 281 Å². The fraction of sp³-hybridized carbons (Fsp3) is 0.750. The summed E-state index contributed by atoms with van der Waals surface area (Å²) in [7, 11) is 0. The van der Waals surface area contributed by atoms with Crippen LogP contribution in [0.1, 0.15) is 74.7 Å². The number of carbonyl (C=O) groups is 3. The van der Waals surface area contributed by atoms with E-state index in [1.54, 1.807) is 19.9 Å². The van der Waals surface area contributed by atoms with Gasteiger partial charge in [0, 0.05) is 23.7 Å². The minimum atomic E-state index is -2.05. The van der Waals surface area contributed by atoms with E-state index in [4.69, 9.17) is 9.47 Å². The zero-order valence-corrected chi connectivity index (χ0v) is 29.0. The van der Waals surface area contributed by atoms with Crippen molar-refractivity contribution in [3.05, 3.63) is 35.6 Å². The highest BCUT2D eigenvalue weighted by molar-refractivity contribution is 6.02. The summed E-state index contributed by atoms with van der Waals surface area (Å²) in [5.74, 6) is -3.51. The second-order valence-electron chi connectivity index (χ2n) is 16.7. The molecule has 7 N–H and O–H groups in total. The van der Waals surface area contributed by atoms with E-state index in [1.165, 1.54) is 26.8 Å². The van der Waals surface area contributed by atoms with Crippen molar-refractivity contribution < 1.29 is 59.6 Å². The lowest BCUT2D eigenvalue weighted by molar-refractivity contribution is -0.291. The van der Waals surface area contributed by atoms with Gasteiger partial charge in [-0.3, -0.25) is 14.4 Å². The first-order valence-corrected chi connectivity index (χ1v) is 16.7. The molecule has 0 bridgehead atoms. The van der Waals surface area contributed by atoms with Gasteiger partial charge in [-0.25, -0.2) is 0 Å². The van der Waals surface area contributed by atoms with Crippen LogP contribution in [0.3, 0.4) is 0 Å². The summed E-state index contributed by atoms with van der Waals surface area (Å²) in [6.07, 6.45) is -2.56. The third-order valence-electron chi connectivity index (χ3n) is 12.9. The number of fused-ring (bicyclic) bond motifs is 5. The SMILES string of the molecule is CC(C)(O)C=CC(=O)[C@](C)(O)[C@H]1[C@H](O)C[C@@]2(C)[C@@H]3CC=C4[C@@H](C=C(O[C@@H]5O[C@H](CO)[C@@H](O)[C@H](O)[C@H]5O)C(=O)C4(C)C)[C@]3(C)C(=O)C[C@]12C. The molecular weight excluding hydrogens is 624 g/mol. The van der Waals surface area contributed by atoms with Crippen molar-refractivity contribution in [3.8, 4) is 0 Å². The molecule has 1 saturated heterocycles. The molecule has 5 aliphatic rings. The van der Waals surface area contributed by atoms with Gasteiger partial charge in [0.2, 0.25) is 12.1 Å². The van der Waals surface area contributed by atoms with Crippen molar-refractivity contribution in [3.63, 3.8) is 0 Å². The Bertz CT molecular complexity index is 1450. The molecule has 1 aliphatic heterocycles. The quantitative estimate of drug-likeness (QED) is 0.148. The van der Waals surface area contributed by atoms with Gasteiger partial charge in [-0.05, 0) is 76.4 Å². The van der Waals surface area contributed by atoms with Gasteiger partial charge < -0.3 is 45.2 Å². The molecule has 13 atom stereocenters. The van der Waals surface area contributed by atoms with E-state index in [0.717, 1.165) is 11.6 Å². The lowest BCUT2D eigenvalue weighted by Gasteiger charge is -2.63. The number of rotatable bonds is 7. The minimum Gasteiger partial charge on any atom is -0.459 e. The Hall–Kier alpha value is -2.29. The Morgan fingerprint density at radius 1 is 1.00 bits per heavy atom. The number of allylic oxidation sites excluding steroid dienone is 4. The molecule has 0 radical (unpaired) electrons. The number of ether oxygens (including phenoxy) is 2. The lowest BCUT2D eigenvalue weighted by atomic mass is 9.39. The zero-order chi connectivity index (χ0) is 36.2. The summed E-state index contributed by atoms with van der Waals surface area (Å²) in [5.41, 5.74) is -6.65. The second-order valence-corrected chi connectivity index (χ2v) is 16.7. The molecule has 0 aromatic carbocycles. The van der Waals surface area contributed by atoms with E-state index >= 15 is 0 Å². The molecule has 4 aliphatic carbocycles. The Kier molecular flexibility index (Phi) is 8.96. The Morgan fingerprint density at radius 2 is 1.62 bits per heavy atom. The molecule has 0 aromatic heterocycles. The van der Waals surface area contributed by atoms with Gasteiger partial charge in [0.25, 0.3) is 0 Å². The van der Waals surface area contributed by atoms with Crippen LogP contribution in [0, 0.1) is 39.4 Å². The predicted molar refractivity (Wildman–Crippen MR) is 171 cm³/mol. The van der Waals surface area contributed by atoms with Crippen LogP contribution in [0.15, 0.2) is 35.6 Å². The van der Waals surface area contributed by atoms with Crippen LogP contribution in [-0.2, 0) is 23.9 Å². The van der Waals surface area contributed by atoms with Crippen LogP contribution < -0.4 is 0 Å². The number of aliphatic hydroxyl groups excluding tert-OH is 5. The van der Waals surface area contributed by atoms with E-state index in [1.807, 2.05) is 26.8 Å². The molecule has 268 valence electrons. The predicted octanol–water partition coefficient (Wildman–Crippen LogP) is 0.878. The maximum atomic E-state index is 14.7. The second kappa shape index (κ2) is 11.6. The summed E-state index contributed by atoms with van der Waals surface area (Å²) in [6.45, 7) is 12.8. The summed E-state index contributed by atoms with van der Waals surface area (Å²) in [4.78, 5) is 41.9. The van der Waals surface area contributed by atoms with E-state index in [0.29, 0.717) is 6.42 Å². The van der Waals surface area contributed by atoms with Crippen molar-refractivity contribution in [1.29, 1.82) is 0 Å². The van der Waals surface area contributed by atoms with Crippen molar-refractivity contribution in [2.24, 2.45) is 39.4 Å². The molecule has 0 amide bonds. The first kappa shape index (κ1) is 37.0. The number of Topliss-reactive ketones (excluding diaryl/α,β-unsaturated/α-hetero) is 2. The highest BCUT2D eigenvalue weighted by Crippen LogP contribution is 2.73. The van der Waals surface area contributed by atoms with Gasteiger partial charge in [-0.1, -0.05) is 38.5 Å². The molecule has 12 nitrogen and oxygen atoms in total. The summed E-state index contributed by atoms with van der Waals surface area (Å²) >= 11 is 0. The molecular formula is C36H52O12. The van der Waals surface area contributed by atoms with Crippen LogP contribution in [0.25, 0.3) is 0 Å². The number of hydrogen-bond donors (Lipinski definition) is 7. The van der Waals surface area contributed by atoms with Crippen LogP contribution in [0.4, 0.5) is 0 Å². The lowest BCUT2D eigenvalue weighted by Crippen LogP contribution is -2.64. The van der Waals surface area contributed by atoms with Gasteiger partial charge >= 0.3 is 0 Å². The number of carbonyl (C=O) groups excluding carboxylic acids is 3. The van der Waals surface area contributed by atoms with Gasteiger partial charge in [0.05, 0.1) is 23.7 Å². The topological polar surface area (TPSA) is 211 Å². The first-order chi connectivity index (χ1) is 21.9. The van der Waals surface area contributed by atoms with Gasteiger partial charge in [0.15, 0.2) is 11.5 Å². The molecule has 5 rings (SSSR count). The molecule has 3 fully saturated rings. The number of aliphatic hydroxyl groups is 7. The molecule has 12 heteroatoms. The Balaban J connectivity index is 1.55. The van der Waals surface area contributed by atoms with Crippen molar-refractivity contribution in [2.45, 2.75) is 123 Å². The molecule has 0 unspecified atom stereocenters. The highest BCUT2D eigenvalue weighted by Gasteiger charge is 2.74. The average molecular weight is 677 g/mol. The maximum absolute atomic E-state index is 14.7. The number of ketones is 3. The molecule has 48 heavy (non-hydrogen) atoms. The van der Waals surface area contributed by atoms with Crippen LogP contribution in [-0.4, -0.2) is 108 Å². The smallest absolute Gasteiger partial charge is 0.229 e. The summed E-state index contributed by atoms with van der Waals surface area (Å²) < 4.78 is 11.5. The first-order valence-electron chi connectivity index (χ1n) is 16.7. The summed E-state index contributed by atoms with van der Waals surface area (Å²) in [6, 6.07) is 0. The minimum absolute atomic E-state index is 0.0637. The van der Waals surface area contributed by atoms with Crippen molar-refractivity contribution in [1.82, 2.24) is 0 Å². The largest absolute Gasteiger partial charge is 0.459 e. The fourth-order valence-corrected chi connectivity index (χ4v) is 9.94.